The van der Waals surface area contributed by atoms with Gasteiger partial charge in [0.1, 0.15) is 17.5 Å². The minimum Gasteiger partial charge on any atom is -0.378 e. The van der Waals surface area contributed by atoms with Crippen molar-refractivity contribution in [2.75, 3.05) is 48.4 Å². The smallest absolute Gasteiger partial charge is 0.136 e. The third-order valence-electron chi connectivity index (χ3n) is 5.49. The summed E-state index contributed by atoms with van der Waals surface area (Å²) < 4.78 is 5.50. The van der Waals surface area contributed by atoms with Gasteiger partial charge in [-0.1, -0.05) is 23.8 Å². The van der Waals surface area contributed by atoms with Crippen LogP contribution in [0.15, 0.2) is 42.0 Å². The number of rotatable bonds is 7. The van der Waals surface area contributed by atoms with Crippen molar-refractivity contribution < 1.29 is 4.74 Å². The maximum absolute atomic E-state index is 5.50. The van der Waals surface area contributed by atoms with E-state index in [0.717, 1.165) is 62.4 Å². The van der Waals surface area contributed by atoms with Crippen molar-refractivity contribution in [3.63, 3.8) is 0 Å². The molecule has 2 aliphatic rings. The largest absolute Gasteiger partial charge is 0.378 e. The first-order valence-electron chi connectivity index (χ1n) is 10.7. The number of morpholine rings is 1. The van der Waals surface area contributed by atoms with Crippen LogP contribution >= 0.6 is 0 Å². The van der Waals surface area contributed by atoms with Gasteiger partial charge >= 0.3 is 0 Å². The van der Waals surface area contributed by atoms with Crippen LogP contribution in [0, 0.1) is 6.92 Å². The Kier molecular flexibility index (Phi) is 6.62. The number of hydrogen-bond acceptors (Lipinski definition) is 6. The normalized spacial score (nSPS) is 17.0. The average Bonchev–Trinajstić information content (AvgIpc) is 2.75. The van der Waals surface area contributed by atoms with Gasteiger partial charge in [0.2, 0.25) is 0 Å². The summed E-state index contributed by atoms with van der Waals surface area (Å²) in [5, 5.41) is 6.98. The minimum atomic E-state index is 0.762. The number of aromatic nitrogens is 2. The molecule has 154 valence electrons. The maximum Gasteiger partial charge on any atom is 0.136 e. The number of nitrogens with zero attached hydrogens (tertiary/aromatic N) is 3. The van der Waals surface area contributed by atoms with Crippen molar-refractivity contribution in [3.8, 4) is 0 Å². The molecule has 6 heteroatoms. The zero-order valence-corrected chi connectivity index (χ0v) is 17.3. The standard InChI is InChI=1S/C23H31N5O/c1-18-25-22(24-12-11-19-7-3-2-4-8-19)17-23(26-18)27-20-9-5-6-10-21(20)28-13-15-29-16-14-28/h5-7,9-10,17H,2-4,8,11-16H2,1H3,(H2,24,25,26,27). The Morgan fingerprint density at radius 1 is 1.07 bits per heavy atom. The lowest BCUT2D eigenvalue weighted by Crippen LogP contribution is -2.36. The summed E-state index contributed by atoms with van der Waals surface area (Å²) in [7, 11) is 0. The summed E-state index contributed by atoms with van der Waals surface area (Å²) in [6.45, 7) is 6.20. The van der Waals surface area contributed by atoms with Crippen molar-refractivity contribution in [2.45, 2.75) is 39.0 Å². The molecule has 2 heterocycles. The van der Waals surface area contributed by atoms with E-state index in [2.05, 4.69) is 55.8 Å². The van der Waals surface area contributed by atoms with Gasteiger partial charge in [-0.3, -0.25) is 0 Å². The van der Waals surface area contributed by atoms with Crippen LogP contribution in [0.5, 0.6) is 0 Å². The molecule has 0 spiro atoms. The second kappa shape index (κ2) is 9.74. The topological polar surface area (TPSA) is 62.3 Å². The summed E-state index contributed by atoms with van der Waals surface area (Å²) in [6.07, 6.45) is 8.64. The first-order valence-corrected chi connectivity index (χ1v) is 10.7. The van der Waals surface area contributed by atoms with E-state index >= 15 is 0 Å². The van der Waals surface area contributed by atoms with Gasteiger partial charge < -0.3 is 20.3 Å². The fourth-order valence-corrected chi connectivity index (χ4v) is 4.00. The fourth-order valence-electron chi connectivity index (χ4n) is 4.00. The van der Waals surface area contributed by atoms with E-state index in [1.807, 2.05) is 13.0 Å². The highest BCUT2D eigenvalue weighted by molar-refractivity contribution is 5.75. The number of para-hydroxylation sites is 2. The van der Waals surface area contributed by atoms with Gasteiger partial charge in [-0.05, 0) is 51.2 Å². The van der Waals surface area contributed by atoms with E-state index in [1.165, 1.54) is 31.4 Å². The molecule has 0 radical (unpaired) electrons. The highest BCUT2D eigenvalue weighted by Crippen LogP contribution is 2.29. The van der Waals surface area contributed by atoms with Crippen LogP contribution in [0.3, 0.4) is 0 Å². The monoisotopic (exact) mass is 393 g/mol. The SMILES string of the molecule is Cc1nc(NCCC2=CCCCC2)cc(Nc2ccccc2N2CCOCC2)n1. The van der Waals surface area contributed by atoms with E-state index in [9.17, 15) is 0 Å². The molecule has 6 nitrogen and oxygen atoms in total. The zero-order chi connectivity index (χ0) is 19.9. The van der Waals surface area contributed by atoms with Gasteiger partial charge in [0.15, 0.2) is 0 Å². The maximum atomic E-state index is 5.50. The lowest BCUT2D eigenvalue weighted by atomic mass is 9.97. The Morgan fingerprint density at radius 2 is 1.90 bits per heavy atom. The Morgan fingerprint density at radius 3 is 2.72 bits per heavy atom. The van der Waals surface area contributed by atoms with Crippen LogP contribution in [-0.2, 0) is 4.74 Å². The summed E-state index contributed by atoms with van der Waals surface area (Å²) in [5.74, 6) is 2.45. The molecule has 1 aromatic heterocycles. The molecule has 4 rings (SSSR count). The van der Waals surface area contributed by atoms with Gasteiger partial charge in [-0.15, -0.1) is 0 Å². The first-order chi connectivity index (χ1) is 14.3. The number of hydrogen-bond donors (Lipinski definition) is 2. The molecule has 1 aliphatic heterocycles. The number of nitrogens with one attached hydrogen (secondary N) is 2. The molecule has 29 heavy (non-hydrogen) atoms. The zero-order valence-electron chi connectivity index (χ0n) is 17.3. The predicted octanol–water partition coefficient (Wildman–Crippen LogP) is 4.67. The van der Waals surface area contributed by atoms with Crippen molar-refractivity contribution >= 4 is 23.0 Å². The quantitative estimate of drug-likeness (QED) is 0.667. The predicted molar refractivity (Wildman–Crippen MR) is 119 cm³/mol. The van der Waals surface area contributed by atoms with Crippen LogP contribution < -0.4 is 15.5 Å². The van der Waals surface area contributed by atoms with Crippen molar-refractivity contribution in [3.05, 3.63) is 47.8 Å². The molecule has 2 N–H and O–H groups in total. The highest BCUT2D eigenvalue weighted by Gasteiger charge is 2.15. The molecule has 0 saturated carbocycles. The van der Waals surface area contributed by atoms with E-state index in [4.69, 9.17) is 4.74 Å². The Labute approximate surface area is 173 Å². The summed E-state index contributed by atoms with van der Waals surface area (Å²) >= 11 is 0. The third kappa shape index (κ3) is 5.48. The lowest BCUT2D eigenvalue weighted by Gasteiger charge is -2.30. The first kappa shape index (κ1) is 19.7. The van der Waals surface area contributed by atoms with Crippen LogP contribution in [0.25, 0.3) is 0 Å². The molecule has 0 unspecified atom stereocenters. The molecule has 0 atom stereocenters. The van der Waals surface area contributed by atoms with Gasteiger partial charge in [-0.25, -0.2) is 9.97 Å². The van der Waals surface area contributed by atoms with E-state index < -0.39 is 0 Å². The van der Waals surface area contributed by atoms with Crippen LogP contribution in [-0.4, -0.2) is 42.8 Å². The number of allylic oxidation sites excluding steroid dienone is 1. The molecule has 0 amide bonds. The highest BCUT2D eigenvalue weighted by atomic mass is 16.5. The fraction of sp³-hybridized carbons (Fsp3) is 0.478. The van der Waals surface area contributed by atoms with E-state index in [0.29, 0.717) is 0 Å². The van der Waals surface area contributed by atoms with Crippen molar-refractivity contribution in [1.29, 1.82) is 0 Å². The van der Waals surface area contributed by atoms with Gasteiger partial charge in [0.05, 0.1) is 24.6 Å². The lowest BCUT2D eigenvalue weighted by molar-refractivity contribution is 0.123. The number of aryl methyl sites for hydroxylation is 1. The average molecular weight is 394 g/mol. The van der Waals surface area contributed by atoms with E-state index in [1.54, 1.807) is 5.57 Å². The van der Waals surface area contributed by atoms with Gasteiger partial charge in [0, 0.05) is 25.7 Å². The summed E-state index contributed by atoms with van der Waals surface area (Å²) in [5.41, 5.74) is 3.82. The van der Waals surface area contributed by atoms with Crippen LogP contribution in [0.1, 0.15) is 37.9 Å². The third-order valence-corrected chi connectivity index (χ3v) is 5.49. The van der Waals surface area contributed by atoms with Gasteiger partial charge in [-0.2, -0.15) is 0 Å². The summed E-state index contributed by atoms with van der Waals surface area (Å²) in [4.78, 5) is 11.5. The van der Waals surface area contributed by atoms with Gasteiger partial charge in [0.25, 0.3) is 0 Å². The number of benzene rings is 1. The number of anilines is 4. The minimum absolute atomic E-state index is 0.762. The Hall–Kier alpha value is -2.60. The molecular formula is C23H31N5O. The molecule has 1 fully saturated rings. The second-order valence-electron chi connectivity index (χ2n) is 7.71. The molecule has 2 aromatic rings. The Bertz CT molecular complexity index is 845. The van der Waals surface area contributed by atoms with Crippen LogP contribution in [0.4, 0.5) is 23.0 Å². The number of ether oxygens (including phenoxy) is 1. The Balaban J connectivity index is 1.43. The van der Waals surface area contributed by atoms with E-state index in [-0.39, 0.29) is 0 Å². The van der Waals surface area contributed by atoms with Crippen molar-refractivity contribution in [1.82, 2.24) is 9.97 Å². The van der Waals surface area contributed by atoms with Crippen LogP contribution in [0.2, 0.25) is 0 Å². The molecular weight excluding hydrogens is 362 g/mol. The molecule has 1 saturated heterocycles. The molecule has 1 aliphatic carbocycles. The summed E-state index contributed by atoms with van der Waals surface area (Å²) in [6, 6.07) is 10.4. The molecule has 0 bridgehead atoms. The van der Waals surface area contributed by atoms with Crippen molar-refractivity contribution in [2.24, 2.45) is 0 Å². The molecule has 1 aromatic carbocycles. The second-order valence-corrected chi connectivity index (χ2v) is 7.71.